The molecule has 38 heavy (non-hydrogen) atoms. The molecule has 0 radical (unpaired) electrons. The average molecular weight is 541 g/mol. The molecule has 2 heterocycles. The standard InChI is InChI=1S/C30H40N2O5S/c1-20(2)7-8-21(3)28(33)32(26-19-25(13-16-30(4,5)6)38-27(26)29(34)35)22-9-11-23(12-10-22)37-24-14-17-31(36)18-15-24/h14-15,17-23H,7-12H2,1-6H3,(H-,34,35,36)/t21-,22?,23?/m0/s1. The van der Waals surface area contributed by atoms with Crippen molar-refractivity contribution < 1.29 is 29.4 Å². The van der Waals surface area contributed by atoms with Gasteiger partial charge in [-0.3, -0.25) is 10.0 Å². The summed E-state index contributed by atoms with van der Waals surface area (Å²) in [7, 11) is 0. The summed E-state index contributed by atoms with van der Waals surface area (Å²) in [6, 6.07) is 5.01. The lowest BCUT2D eigenvalue weighted by molar-refractivity contribution is -0.904. The predicted octanol–water partition coefficient (Wildman–Crippen LogP) is 4.83. The van der Waals surface area contributed by atoms with Gasteiger partial charge in [-0.05, 0) is 64.9 Å². The minimum absolute atomic E-state index is 0.0209. The van der Waals surface area contributed by atoms with Gasteiger partial charge in [0.25, 0.3) is 0 Å². The molecule has 8 heteroatoms. The Hall–Kier alpha value is -3.05. The Balaban J connectivity index is 1.88. The van der Waals surface area contributed by atoms with Crippen molar-refractivity contribution in [2.45, 2.75) is 92.2 Å². The molecule has 3 rings (SSSR count). The molecule has 1 aliphatic carbocycles. The highest BCUT2D eigenvalue weighted by molar-refractivity contribution is 7.15. The van der Waals surface area contributed by atoms with Gasteiger partial charge < -0.3 is 19.5 Å². The molecule has 0 saturated heterocycles. The van der Waals surface area contributed by atoms with E-state index in [-0.39, 0.29) is 34.3 Å². The zero-order chi connectivity index (χ0) is 28.0. The second-order valence-corrected chi connectivity index (χ2v) is 12.7. The highest BCUT2D eigenvalue weighted by atomic mass is 32.1. The number of carbonyl (C=O) groups is 2. The van der Waals surface area contributed by atoms with Gasteiger partial charge in [-0.1, -0.05) is 39.0 Å². The largest absolute Gasteiger partial charge is 0.544 e. The topological polar surface area (TPSA) is 93.8 Å². The Bertz CT molecular complexity index is 1160. The number of carbonyl (C=O) groups excluding carboxylic acids is 2. The van der Waals surface area contributed by atoms with Crippen molar-refractivity contribution in [3.63, 3.8) is 0 Å². The molecule has 1 saturated carbocycles. The zero-order valence-electron chi connectivity index (χ0n) is 23.3. The number of anilines is 1. The molecule has 1 atom stereocenters. The van der Waals surface area contributed by atoms with Gasteiger partial charge in [-0.25, -0.2) is 0 Å². The maximum absolute atomic E-state index is 13.9. The van der Waals surface area contributed by atoms with E-state index < -0.39 is 5.97 Å². The lowest BCUT2D eigenvalue weighted by atomic mass is 9.89. The molecular formula is C30H40N2O5S. The van der Waals surface area contributed by atoms with Crippen molar-refractivity contribution in [1.82, 2.24) is 0 Å². The Morgan fingerprint density at radius 3 is 2.34 bits per heavy atom. The molecule has 1 aliphatic rings. The van der Waals surface area contributed by atoms with Crippen LogP contribution >= 0.6 is 11.3 Å². The van der Waals surface area contributed by atoms with Crippen molar-refractivity contribution in [2.75, 3.05) is 4.90 Å². The molecule has 0 aromatic carbocycles. The molecule has 1 fully saturated rings. The molecule has 0 bridgehead atoms. The number of carboxylic acids is 1. The summed E-state index contributed by atoms with van der Waals surface area (Å²) in [5.74, 6) is 5.84. The first-order chi connectivity index (χ1) is 17.8. The van der Waals surface area contributed by atoms with Crippen LogP contribution in [0.4, 0.5) is 5.69 Å². The zero-order valence-corrected chi connectivity index (χ0v) is 24.1. The van der Waals surface area contributed by atoms with Crippen LogP contribution in [0.1, 0.15) is 94.6 Å². The molecule has 1 amide bonds. The summed E-state index contributed by atoms with van der Waals surface area (Å²) < 4.78 is 7.06. The smallest absolute Gasteiger partial charge is 0.230 e. The number of rotatable bonds is 9. The van der Waals surface area contributed by atoms with Crippen molar-refractivity contribution in [2.24, 2.45) is 17.3 Å². The Kier molecular flexibility index (Phi) is 9.83. The monoisotopic (exact) mass is 540 g/mol. The van der Waals surface area contributed by atoms with Crippen LogP contribution < -0.4 is 19.5 Å². The number of ether oxygens (including phenoxy) is 1. The Morgan fingerprint density at radius 1 is 1.16 bits per heavy atom. The van der Waals surface area contributed by atoms with E-state index >= 15 is 0 Å². The number of amides is 1. The highest BCUT2D eigenvalue weighted by Gasteiger charge is 2.35. The van der Waals surface area contributed by atoms with Crippen LogP contribution in [0.5, 0.6) is 5.75 Å². The minimum Gasteiger partial charge on any atom is -0.544 e. The molecule has 0 unspecified atom stereocenters. The van der Waals surface area contributed by atoms with Crippen molar-refractivity contribution in [3.8, 4) is 17.6 Å². The quantitative estimate of drug-likeness (QED) is 0.279. The fourth-order valence-corrected chi connectivity index (χ4v) is 5.39. The molecule has 7 nitrogen and oxygen atoms in total. The number of aromatic nitrogens is 1. The summed E-state index contributed by atoms with van der Waals surface area (Å²) in [5, 5.41) is 21.6. The van der Waals surface area contributed by atoms with Crippen LogP contribution in [0, 0.1) is 29.1 Å². The summed E-state index contributed by atoms with van der Waals surface area (Å²) in [6.45, 7) is 12.2. The number of hydrogen-bond acceptors (Lipinski definition) is 6. The summed E-state index contributed by atoms with van der Waals surface area (Å²) in [5.41, 5.74) is 0.163. The molecule has 206 valence electrons. The number of nitrogens with zero attached hydrogens (tertiary/aromatic N) is 2. The van der Waals surface area contributed by atoms with Gasteiger partial charge in [-0.2, -0.15) is 0 Å². The van der Waals surface area contributed by atoms with E-state index in [0.29, 0.717) is 35.1 Å². The minimum atomic E-state index is -1.29. The van der Waals surface area contributed by atoms with E-state index in [9.17, 15) is 19.9 Å². The van der Waals surface area contributed by atoms with Crippen molar-refractivity contribution >= 4 is 28.9 Å². The number of carboxylic acid groups (broad SMARTS) is 1. The number of thiophene rings is 1. The summed E-state index contributed by atoms with van der Waals surface area (Å²) >= 11 is 1.07. The average Bonchev–Trinajstić information content (AvgIpc) is 3.27. The molecule has 2 aromatic rings. The predicted molar refractivity (Wildman–Crippen MR) is 146 cm³/mol. The molecular weight excluding hydrogens is 500 g/mol. The van der Waals surface area contributed by atoms with E-state index in [1.165, 1.54) is 12.4 Å². The third kappa shape index (κ3) is 8.22. The third-order valence-corrected chi connectivity index (χ3v) is 7.67. The van der Waals surface area contributed by atoms with E-state index in [1.54, 1.807) is 23.1 Å². The first kappa shape index (κ1) is 29.5. The fraction of sp³-hybridized carbons (Fsp3) is 0.567. The maximum atomic E-state index is 13.9. The first-order valence-electron chi connectivity index (χ1n) is 13.4. The van der Waals surface area contributed by atoms with E-state index in [2.05, 4.69) is 25.7 Å². The van der Waals surface area contributed by atoms with Gasteiger partial charge in [0, 0.05) is 34.2 Å². The fourth-order valence-electron chi connectivity index (χ4n) is 4.55. The summed E-state index contributed by atoms with van der Waals surface area (Å²) in [4.78, 5) is 28.5. The second kappa shape index (κ2) is 12.7. The Labute approximate surface area is 230 Å². The molecule has 0 aliphatic heterocycles. The third-order valence-electron chi connectivity index (χ3n) is 6.65. The van der Waals surface area contributed by atoms with E-state index in [1.807, 2.05) is 27.7 Å². The van der Waals surface area contributed by atoms with Crippen molar-refractivity contribution in [3.05, 3.63) is 40.3 Å². The van der Waals surface area contributed by atoms with Gasteiger partial charge in [0.05, 0.1) is 27.5 Å². The van der Waals surface area contributed by atoms with Crippen LogP contribution in [0.3, 0.4) is 0 Å². The SMILES string of the molecule is CC(C)CC[C@H](C)C(=O)N(c1cc(C#CC(C)(C)C)sc1C(=O)[O-])C1CCC(Oc2cc[n+](O)cc2)CC1. The van der Waals surface area contributed by atoms with Crippen LogP contribution in [-0.2, 0) is 4.79 Å². The van der Waals surface area contributed by atoms with Gasteiger partial charge in [-0.15, -0.1) is 11.3 Å². The highest BCUT2D eigenvalue weighted by Crippen LogP contribution is 2.37. The van der Waals surface area contributed by atoms with Crippen molar-refractivity contribution in [1.29, 1.82) is 0 Å². The van der Waals surface area contributed by atoms with E-state index in [0.717, 1.165) is 41.8 Å². The summed E-state index contributed by atoms with van der Waals surface area (Å²) in [6.07, 6.45) is 7.49. The molecule has 2 aromatic heterocycles. The number of aromatic carboxylic acids is 1. The second-order valence-electron chi connectivity index (χ2n) is 11.7. The van der Waals surface area contributed by atoms with Crippen LogP contribution in [0.25, 0.3) is 0 Å². The van der Waals surface area contributed by atoms with Crippen LogP contribution in [-0.4, -0.2) is 29.2 Å². The van der Waals surface area contributed by atoms with E-state index in [4.69, 9.17) is 4.74 Å². The molecule has 1 N–H and O–H groups in total. The lowest BCUT2D eigenvalue weighted by Crippen LogP contribution is -2.47. The maximum Gasteiger partial charge on any atom is 0.230 e. The lowest BCUT2D eigenvalue weighted by Gasteiger charge is -2.38. The number of pyridine rings is 1. The van der Waals surface area contributed by atoms with Crippen LogP contribution in [0.15, 0.2) is 30.6 Å². The normalized spacial score (nSPS) is 18.4. The Morgan fingerprint density at radius 2 is 1.79 bits per heavy atom. The van der Waals surface area contributed by atoms with Gasteiger partial charge in [0.2, 0.25) is 18.3 Å². The van der Waals surface area contributed by atoms with Gasteiger partial charge in [0.15, 0.2) is 0 Å². The molecule has 0 spiro atoms. The van der Waals surface area contributed by atoms with Crippen LogP contribution in [0.2, 0.25) is 0 Å². The van der Waals surface area contributed by atoms with Gasteiger partial charge in [0.1, 0.15) is 5.75 Å². The first-order valence-corrected chi connectivity index (χ1v) is 14.2. The van der Waals surface area contributed by atoms with Gasteiger partial charge >= 0.3 is 0 Å². The number of hydrogen-bond donors (Lipinski definition) is 1.